The average molecular weight is 342 g/mol. The highest BCUT2D eigenvalue weighted by atomic mass is 16.5. The third-order valence-corrected chi connectivity index (χ3v) is 4.67. The van der Waals surface area contributed by atoms with Gasteiger partial charge in [-0.2, -0.15) is 0 Å². The van der Waals surface area contributed by atoms with E-state index in [1.165, 1.54) is 5.57 Å². The Labute approximate surface area is 146 Å². The fourth-order valence-electron chi connectivity index (χ4n) is 3.28. The van der Waals surface area contributed by atoms with E-state index in [0.717, 1.165) is 31.1 Å². The molecule has 0 bridgehead atoms. The predicted molar refractivity (Wildman–Crippen MR) is 95.3 cm³/mol. The molecule has 0 spiro atoms. The molecule has 1 heterocycles. The molecule has 1 atom stereocenters. The van der Waals surface area contributed by atoms with Crippen LogP contribution < -0.4 is 10.4 Å². The summed E-state index contributed by atoms with van der Waals surface area (Å²) in [5.74, 6) is 0.318. The van der Waals surface area contributed by atoms with Gasteiger partial charge in [-0.15, -0.1) is 0 Å². The second kappa shape index (κ2) is 7.66. The minimum absolute atomic E-state index is 0.126. The smallest absolute Gasteiger partial charge is 0.347 e. The zero-order valence-electron chi connectivity index (χ0n) is 14.5. The van der Waals surface area contributed by atoms with Crippen molar-refractivity contribution in [1.29, 1.82) is 0 Å². The van der Waals surface area contributed by atoms with Gasteiger partial charge in [-0.25, -0.2) is 4.79 Å². The molecule has 0 saturated heterocycles. The topological polar surface area (TPSA) is 65.7 Å². The van der Waals surface area contributed by atoms with Crippen molar-refractivity contribution in [2.24, 2.45) is 5.92 Å². The number of ketones is 1. The van der Waals surface area contributed by atoms with Gasteiger partial charge in [0.25, 0.3) is 0 Å². The highest BCUT2D eigenvalue weighted by Crippen LogP contribution is 2.27. The summed E-state index contributed by atoms with van der Waals surface area (Å²) >= 11 is 0. The zero-order valence-corrected chi connectivity index (χ0v) is 14.5. The summed E-state index contributed by atoms with van der Waals surface area (Å²) in [5, 5.41) is 0.718. The number of benzene rings is 1. The van der Waals surface area contributed by atoms with Crippen molar-refractivity contribution >= 4 is 16.8 Å². The van der Waals surface area contributed by atoms with Gasteiger partial charge in [0.15, 0.2) is 5.78 Å². The lowest BCUT2D eigenvalue weighted by Gasteiger charge is -2.13. The Kier molecular flexibility index (Phi) is 5.34. The molecule has 1 unspecified atom stereocenters. The van der Waals surface area contributed by atoms with Crippen LogP contribution in [0.2, 0.25) is 0 Å². The first-order chi connectivity index (χ1) is 12.1. The van der Waals surface area contributed by atoms with Crippen molar-refractivity contribution in [2.75, 3.05) is 20.8 Å². The van der Waals surface area contributed by atoms with Crippen LogP contribution >= 0.6 is 0 Å². The number of methoxy groups -OCH3 is 2. The minimum Gasteiger partial charge on any atom is -0.497 e. The third kappa shape index (κ3) is 3.82. The average Bonchev–Trinajstić information content (AvgIpc) is 2.86. The van der Waals surface area contributed by atoms with Gasteiger partial charge in [0, 0.05) is 24.5 Å². The molecule has 5 nitrogen and oxygen atoms in total. The lowest BCUT2D eigenvalue weighted by atomic mass is 9.90. The van der Waals surface area contributed by atoms with Crippen LogP contribution in [0.1, 0.15) is 36.0 Å². The first-order valence-electron chi connectivity index (χ1n) is 8.45. The molecule has 3 rings (SSSR count). The Hall–Kier alpha value is -2.40. The van der Waals surface area contributed by atoms with E-state index in [2.05, 4.69) is 6.08 Å². The monoisotopic (exact) mass is 342 g/mol. The van der Waals surface area contributed by atoms with Crippen LogP contribution in [0.4, 0.5) is 0 Å². The Morgan fingerprint density at radius 2 is 2.08 bits per heavy atom. The zero-order chi connectivity index (χ0) is 17.8. The first-order valence-corrected chi connectivity index (χ1v) is 8.45. The standard InChI is InChI=1S/C20H22O5/c1-23-12-13-4-3-5-14(7-6-13)19(21)17-10-15-8-9-16(24-2)11-18(15)25-20(17)22/h4,8-11,14H,3,5-7,12H2,1-2H3. The molecule has 0 N–H and O–H groups in total. The number of hydrogen-bond acceptors (Lipinski definition) is 5. The van der Waals surface area contributed by atoms with Gasteiger partial charge in [-0.1, -0.05) is 6.08 Å². The van der Waals surface area contributed by atoms with Crippen LogP contribution in [0.15, 0.2) is 45.1 Å². The molecule has 1 aliphatic carbocycles. The lowest BCUT2D eigenvalue weighted by molar-refractivity contribution is 0.0904. The second-order valence-electron chi connectivity index (χ2n) is 6.32. The third-order valence-electron chi connectivity index (χ3n) is 4.67. The van der Waals surface area contributed by atoms with E-state index in [1.54, 1.807) is 38.5 Å². The molecular weight excluding hydrogens is 320 g/mol. The van der Waals surface area contributed by atoms with Crippen molar-refractivity contribution in [2.45, 2.75) is 25.7 Å². The van der Waals surface area contributed by atoms with Crippen LogP contribution in [-0.2, 0) is 4.74 Å². The van der Waals surface area contributed by atoms with Crippen LogP contribution in [0.25, 0.3) is 11.0 Å². The van der Waals surface area contributed by atoms with Crippen molar-refractivity contribution in [3.8, 4) is 5.75 Å². The van der Waals surface area contributed by atoms with Gasteiger partial charge in [-0.05, 0) is 49.5 Å². The molecule has 0 amide bonds. The molecule has 5 heteroatoms. The van der Waals surface area contributed by atoms with Crippen molar-refractivity contribution < 1.29 is 18.7 Å². The number of carbonyl (C=O) groups is 1. The van der Waals surface area contributed by atoms with Crippen LogP contribution in [0, 0.1) is 5.92 Å². The summed E-state index contributed by atoms with van der Waals surface area (Å²) in [4.78, 5) is 25.2. The molecule has 132 valence electrons. The van der Waals surface area contributed by atoms with Gasteiger partial charge in [0.05, 0.1) is 13.7 Å². The van der Waals surface area contributed by atoms with Gasteiger partial charge >= 0.3 is 5.63 Å². The Balaban J connectivity index is 1.85. The maximum atomic E-state index is 12.9. The number of carbonyl (C=O) groups excluding carboxylic acids is 1. The number of ether oxygens (including phenoxy) is 2. The molecule has 2 aromatic rings. The molecule has 0 saturated carbocycles. The Bertz CT molecular complexity index is 862. The highest BCUT2D eigenvalue weighted by molar-refractivity contribution is 5.99. The Morgan fingerprint density at radius 1 is 1.24 bits per heavy atom. The highest BCUT2D eigenvalue weighted by Gasteiger charge is 2.25. The van der Waals surface area contributed by atoms with Crippen molar-refractivity contribution in [3.05, 3.63) is 51.9 Å². The summed E-state index contributed by atoms with van der Waals surface area (Å²) in [7, 11) is 3.22. The van der Waals surface area contributed by atoms with E-state index in [0.29, 0.717) is 17.9 Å². The van der Waals surface area contributed by atoms with Gasteiger partial charge in [0.2, 0.25) is 0 Å². The van der Waals surface area contributed by atoms with E-state index < -0.39 is 5.63 Å². The van der Waals surface area contributed by atoms with Gasteiger partial charge in [0.1, 0.15) is 16.9 Å². The summed E-state index contributed by atoms with van der Waals surface area (Å²) in [5.41, 5.74) is 1.19. The quantitative estimate of drug-likeness (QED) is 0.470. The van der Waals surface area contributed by atoms with Crippen molar-refractivity contribution in [3.63, 3.8) is 0 Å². The van der Waals surface area contributed by atoms with Gasteiger partial charge < -0.3 is 13.9 Å². The first kappa shape index (κ1) is 17.4. The molecular formula is C20H22O5. The summed E-state index contributed by atoms with van der Waals surface area (Å²) in [6, 6.07) is 6.86. The number of Topliss-reactive ketones (excluding diaryl/α,β-unsaturated/α-hetero) is 1. The van der Waals surface area contributed by atoms with Crippen LogP contribution in [-0.4, -0.2) is 26.6 Å². The van der Waals surface area contributed by atoms with Crippen molar-refractivity contribution in [1.82, 2.24) is 0 Å². The number of hydrogen-bond donors (Lipinski definition) is 0. The fourth-order valence-corrected chi connectivity index (χ4v) is 3.28. The van der Waals surface area contributed by atoms with E-state index in [1.807, 2.05) is 0 Å². The molecule has 1 aromatic carbocycles. The van der Waals surface area contributed by atoms with Gasteiger partial charge in [-0.3, -0.25) is 4.79 Å². The predicted octanol–water partition coefficient (Wildman–Crippen LogP) is 3.75. The summed E-state index contributed by atoms with van der Waals surface area (Å²) in [6.45, 7) is 0.598. The number of fused-ring (bicyclic) bond motifs is 1. The maximum absolute atomic E-state index is 12.9. The molecule has 0 aliphatic heterocycles. The SMILES string of the molecule is COCC1=CCCC(C(=O)c2cc3ccc(OC)cc3oc2=O)CC1. The lowest BCUT2D eigenvalue weighted by Crippen LogP contribution is -2.21. The number of rotatable bonds is 5. The van der Waals surface area contributed by atoms with E-state index in [4.69, 9.17) is 13.9 Å². The van der Waals surface area contributed by atoms with E-state index in [-0.39, 0.29) is 17.3 Å². The largest absolute Gasteiger partial charge is 0.497 e. The summed E-state index contributed by atoms with van der Waals surface area (Å²) in [6.07, 6.45) is 5.26. The van der Waals surface area contributed by atoms with E-state index in [9.17, 15) is 9.59 Å². The van der Waals surface area contributed by atoms with E-state index >= 15 is 0 Å². The normalized spacial score (nSPS) is 17.8. The second-order valence-corrected chi connectivity index (χ2v) is 6.32. The fraction of sp³-hybridized carbons (Fsp3) is 0.400. The molecule has 1 aromatic heterocycles. The molecule has 25 heavy (non-hydrogen) atoms. The molecule has 0 fully saturated rings. The summed E-state index contributed by atoms with van der Waals surface area (Å²) < 4.78 is 15.7. The number of allylic oxidation sites excluding steroid dienone is 1. The molecule has 0 radical (unpaired) electrons. The van der Waals surface area contributed by atoms with Crippen LogP contribution in [0.3, 0.4) is 0 Å². The maximum Gasteiger partial charge on any atom is 0.347 e. The molecule has 1 aliphatic rings. The van der Waals surface area contributed by atoms with Crippen LogP contribution in [0.5, 0.6) is 5.75 Å². The minimum atomic E-state index is -0.583. The Morgan fingerprint density at radius 3 is 2.84 bits per heavy atom.